The highest BCUT2D eigenvalue weighted by atomic mass is 16.4. The average molecular weight is 197 g/mol. The average Bonchev–Trinajstić information content (AvgIpc) is 2.51. The minimum absolute atomic E-state index is 0.365. The van der Waals surface area contributed by atoms with Gasteiger partial charge in [0.1, 0.15) is 0 Å². The number of carboxylic acids is 1. The van der Waals surface area contributed by atoms with E-state index in [0.717, 1.165) is 38.6 Å². The van der Waals surface area contributed by atoms with E-state index in [1.807, 2.05) is 0 Å². The Hall–Kier alpha value is -0.570. The van der Waals surface area contributed by atoms with Gasteiger partial charge in [-0.25, -0.2) is 0 Å². The van der Waals surface area contributed by atoms with Crippen LogP contribution in [-0.2, 0) is 4.79 Å². The first-order chi connectivity index (χ1) is 6.73. The zero-order valence-corrected chi connectivity index (χ0v) is 8.67. The standard InChI is InChI=1S/C11H19NO2/c13-10(14)11(4-1-2-5-11)6-9-12-7-3-8-12/h1-9H2,(H,13,14). The lowest BCUT2D eigenvalue weighted by Crippen LogP contribution is -2.41. The van der Waals surface area contributed by atoms with Crippen molar-refractivity contribution in [2.45, 2.75) is 38.5 Å². The fraction of sp³-hybridized carbons (Fsp3) is 0.909. The molecule has 2 rings (SSSR count). The monoisotopic (exact) mass is 197 g/mol. The number of likely N-dealkylation sites (tertiary alicyclic amines) is 1. The molecule has 0 aromatic carbocycles. The second kappa shape index (κ2) is 3.89. The van der Waals surface area contributed by atoms with Gasteiger partial charge in [0, 0.05) is 0 Å². The second-order valence-corrected chi connectivity index (χ2v) is 4.74. The van der Waals surface area contributed by atoms with E-state index in [1.165, 1.54) is 19.5 Å². The highest BCUT2D eigenvalue weighted by molar-refractivity contribution is 5.74. The summed E-state index contributed by atoms with van der Waals surface area (Å²) in [5.74, 6) is -0.560. The van der Waals surface area contributed by atoms with Crippen LogP contribution in [0, 0.1) is 5.41 Å². The van der Waals surface area contributed by atoms with Gasteiger partial charge >= 0.3 is 5.97 Å². The van der Waals surface area contributed by atoms with Crippen LogP contribution in [0.25, 0.3) is 0 Å². The van der Waals surface area contributed by atoms with Crippen molar-refractivity contribution in [3.8, 4) is 0 Å². The maximum atomic E-state index is 11.2. The quantitative estimate of drug-likeness (QED) is 0.746. The summed E-state index contributed by atoms with van der Waals surface area (Å²) in [5, 5.41) is 9.25. The van der Waals surface area contributed by atoms with E-state index < -0.39 is 5.97 Å². The van der Waals surface area contributed by atoms with Gasteiger partial charge in [0.05, 0.1) is 5.41 Å². The van der Waals surface area contributed by atoms with Gasteiger partial charge in [-0.1, -0.05) is 12.8 Å². The van der Waals surface area contributed by atoms with E-state index in [-0.39, 0.29) is 5.41 Å². The van der Waals surface area contributed by atoms with Gasteiger partial charge in [0.15, 0.2) is 0 Å². The van der Waals surface area contributed by atoms with Crippen LogP contribution in [0.2, 0.25) is 0 Å². The SMILES string of the molecule is O=C(O)C1(CCN2CCC2)CCCC1. The minimum Gasteiger partial charge on any atom is -0.481 e. The summed E-state index contributed by atoms with van der Waals surface area (Å²) < 4.78 is 0. The molecule has 0 spiro atoms. The highest BCUT2D eigenvalue weighted by Gasteiger charge is 2.41. The number of rotatable bonds is 4. The lowest BCUT2D eigenvalue weighted by atomic mass is 9.82. The van der Waals surface area contributed by atoms with Gasteiger partial charge in [0.2, 0.25) is 0 Å². The molecule has 2 fully saturated rings. The molecule has 14 heavy (non-hydrogen) atoms. The van der Waals surface area contributed by atoms with E-state index in [1.54, 1.807) is 0 Å². The Morgan fingerprint density at radius 2 is 1.86 bits per heavy atom. The largest absolute Gasteiger partial charge is 0.481 e. The first kappa shape index (κ1) is 9.97. The van der Waals surface area contributed by atoms with Gasteiger partial charge in [-0.15, -0.1) is 0 Å². The van der Waals surface area contributed by atoms with Gasteiger partial charge in [-0.3, -0.25) is 4.79 Å². The molecule has 0 aromatic rings. The third-order valence-electron chi connectivity index (χ3n) is 3.87. The summed E-state index contributed by atoms with van der Waals surface area (Å²) in [5.41, 5.74) is -0.365. The van der Waals surface area contributed by atoms with Crippen molar-refractivity contribution < 1.29 is 9.90 Å². The maximum absolute atomic E-state index is 11.2. The van der Waals surface area contributed by atoms with Crippen LogP contribution in [-0.4, -0.2) is 35.6 Å². The summed E-state index contributed by atoms with van der Waals surface area (Å²) in [4.78, 5) is 13.6. The zero-order chi connectivity index (χ0) is 10.0. The Balaban J connectivity index is 1.86. The first-order valence-electron chi connectivity index (χ1n) is 5.69. The van der Waals surface area contributed by atoms with Crippen molar-refractivity contribution in [1.82, 2.24) is 4.90 Å². The second-order valence-electron chi connectivity index (χ2n) is 4.74. The number of aliphatic carboxylic acids is 1. The Morgan fingerprint density at radius 1 is 1.21 bits per heavy atom. The number of hydrogen-bond acceptors (Lipinski definition) is 2. The number of carboxylic acid groups (broad SMARTS) is 1. The molecule has 0 amide bonds. The lowest BCUT2D eigenvalue weighted by molar-refractivity contribution is -0.149. The molecule has 80 valence electrons. The normalized spacial score (nSPS) is 26.0. The van der Waals surface area contributed by atoms with Crippen LogP contribution in [0.15, 0.2) is 0 Å². The third-order valence-corrected chi connectivity index (χ3v) is 3.87. The van der Waals surface area contributed by atoms with Crippen LogP contribution < -0.4 is 0 Å². The van der Waals surface area contributed by atoms with E-state index >= 15 is 0 Å². The van der Waals surface area contributed by atoms with E-state index in [9.17, 15) is 9.90 Å². The number of carbonyl (C=O) groups is 1. The molecule has 2 aliphatic rings. The molecule has 0 unspecified atom stereocenters. The topological polar surface area (TPSA) is 40.5 Å². The number of hydrogen-bond donors (Lipinski definition) is 1. The zero-order valence-electron chi connectivity index (χ0n) is 8.67. The molecule has 0 atom stereocenters. The Bertz CT molecular complexity index is 217. The van der Waals surface area contributed by atoms with Crippen molar-refractivity contribution in [2.75, 3.05) is 19.6 Å². The van der Waals surface area contributed by atoms with Gasteiger partial charge in [-0.2, -0.15) is 0 Å². The molecular formula is C11H19NO2. The van der Waals surface area contributed by atoms with Crippen molar-refractivity contribution >= 4 is 5.97 Å². The molecule has 3 nitrogen and oxygen atoms in total. The fourth-order valence-corrected chi connectivity index (χ4v) is 2.60. The molecule has 0 bridgehead atoms. The van der Waals surface area contributed by atoms with Crippen LogP contribution in [0.5, 0.6) is 0 Å². The highest BCUT2D eigenvalue weighted by Crippen LogP contribution is 2.41. The molecule has 1 aliphatic heterocycles. The first-order valence-corrected chi connectivity index (χ1v) is 5.69. The predicted molar refractivity (Wildman–Crippen MR) is 54.2 cm³/mol. The van der Waals surface area contributed by atoms with E-state index in [2.05, 4.69) is 4.90 Å². The lowest BCUT2D eigenvalue weighted by Gasteiger charge is -2.34. The molecule has 3 heteroatoms. The molecule has 1 aliphatic carbocycles. The Kier molecular flexibility index (Phi) is 2.77. The molecule has 0 aromatic heterocycles. The molecular weight excluding hydrogens is 178 g/mol. The number of nitrogens with zero attached hydrogens (tertiary/aromatic N) is 1. The molecule has 1 saturated heterocycles. The minimum atomic E-state index is -0.560. The van der Waals surface area contributed by atoms with Crippen molar-refractivity contribution in [3.63, 3.8) is 0 Å². The molecule has 0 radical (unpaired) electrons. The fourth-order valence-electron chi connectivity index (χ4n) is 2.60. The summed E-state index contributed by atoms with van der Waals surface area (Å²) in [6, 6.07) is 0. The van der Waals surface area contributed by atoms with Crippen molar-refractivity contribution in [3.05, 3.63) is 0 Å². The van der Waals surface area contributed by atoms with E-state index in [4.69, 9.17) is 0 Å². The van der Waals surface area contributed by atoms with Crippen LogP contribution >= 0.6 is 0 Å². The molecule has 1 heterocycles. The van der Waals surface area contributed by atoms with Gasteiger partial charge in [0.25, 0.3) is 0 Å². The predicted octanol–water partition coefficient (Wildman–Crippen LogP) is 1.73. The summed E-state index contributed by atoms with van der Waals surface area (Å²) in [7, 11) is 0. The summed E-state index contributed by atoms with van der Waals surface area (Å²) in [6.07, 6.45) is 6.16. The Morgan fingerprint density at radius 3 is 2.29 bits per heavy atom. The third kappa shape index (κ3) is 1.78. The smallest absolute Gasteiger partial charge is 0.309 e. The van der Waals surface area contributed by atoms with Gasteiger partial charge < -0.3 is 10.0 Å². The van der Waals surface area contributed by atoms with Crippen LogP contribution in [0.1, 0.15) is 38.5 Å². The summed E-state index contributed by atoms with van der Waals surface area (Å²) >= 11 is 0. The van der Waals surface area contributed by atoms with Gasteiger partial charge in [-0.05, 0) is 45.3 Å². The van der Waals surface area contributed by atoms with E-state index in [0.29, 0.717) is 0 Å². The van der Waals surface area contributed by atoms with Crippen molar-refractivity contribution in [1.29, 1.82) is 0 Å². The molecule has 1 N–H and O–H groups in total. The van der Waals surface area contributed by atoms with Crippen molar-refractivity contribution in [2.24, 2.45) is 5.41 Å². The molecule has 1 saturated carbocycles. The maximum Gasteiger partial charge on any atom is 0.309 e. The van der Waals surface area contributed by atoms with Crippen LogP contribution in [0.3, 0.4) is 0 Å². The Labute approximate surface area is 85.1 Å². The summed E-state index contributed by atoms with van der Waals surface area (Å²) in [6.45, 7) is 3.34. The van der Waals surface area contributed by atoms with Crippen LogP contribution in [0.4, 0.5) is 0 Å².